The van der Waals surface area contributed by atoms with Gasteiger partial charge in [-0.15, -0.1) is 0 Å². The lowest BCUT2D eigenvalue weighted by molar-refractivity contribution is -0.137. The lowest BCUT2D eigenvalue weighted by Gasteiger charge is -2.27. The molecule has 0 spiro atoms. The third-order valence-electron chi connectivity index (χ3n) is 6.17. The summed E-state index contributed by atoms with van der Waals surface area (Å²) in [5, 5.41) is 2.89. The van der Waals surface area contributed by atoms with Crippen molar-refractivity contribution in [3.8, 4) is 0 Å². The first kappa shape index (κ1) is 27.9. The number of sulfonamides is 1. The maximum absolute atomic E-state index is 13.7. The number of hydrogen-bond acceptors (Lipinski definition) is 3. The van der Waals surface area contributed by atoms with Gasteiger partial charge in [0, 0.05) is 0 Å². The molecule has 1 amide bonds. The molecular weight excluding hydrogens is 525 g/mol. The van der Waals surface area contributed by atoms with Gasteiger partial charge in [0.2, 0.25) is 5.91 Å². The molecule has 0 aliphatic rings. The molecule has 39 heavy (non-hydrogen) atoms. The number of carbonyl (C=O) groups is 1. The summed E-state index contributed by atoms with van der Waals surface area (Å²) in [6, 6.07) is 25.9. The van der Waals surface area contributed by atoms with Crippen molar-refractivity contribution in [3.63, 3.8) is 0 Å². The van der Waals surface area contributed by atoms with Gasteiger partial charge in [0.1, 0.15) is 6.54 Å². The molecule has 0 heterocycles. The van der Waals surface area contributed by atoms with Crippen LogP contribution in [0.5, 0.6) is 0 Å². The Hall–Kier alpha value is -4.11. The standard InChI is InChI=1S/C30H27F3N2O3S/c1-21-14-16-27(17-15-21)39(37,38)35(26-13-7-12-25(19-26)30(31,32)33)20-28(36)34-29(23-9-4-3-5-10-23)24-11-6-8-22(2)18-24/h3-19,29H,20H2,1-2H3,(H,34,36). The first-order valence-corrected chi connectivity index (χ1v) is 13.6. The maximum Gasteiger partial charge on any atom is 0.416 e. The Morgan fingerprint density at radius 1 is 0.795 bits per heavy atom. The fraction of sp³-hybridized carbons (Fsp3) is 0.167. The number of aryl methyl sites for hydroxylation is 2. The number of nitrogens with one attached hydrogen (secondary N) is 1. The molecule has 1 atom stereocenters. The van der Waals surface area contributed by atoms with E-state index in [0.29, 0.717) is 4.31 Å². The van der Waals surface area contributed by atoms with Crippen LogP contribution >= 0.6 is 0 Å². The van der Waals surface area contributed by atoms with Gasteiger partial charge in [-0.1, -0.05) is 83.9 Å². The van der Waals surface area contributed by atoms with Crippen LogP contribution < -0.4 is 9.62 Å². The van der Waals surface area contributed by atoms with Crippen molar-refractivity contribution in [1.82, 2.24) is 5.32 Å². The van der Waals surface area contributed by atoms with Crippen molar-refractivity contribution in [2.24, 2.45) is 0 Å². The summed E-state index contributed by atoms with van der Waals surface area (Å²) in [4.78, 5) is 13.3. The highest BCUT2D eigenvalue weighted by molar-refractivity contribution is 7.92. The maximum atomic E-state index is 13.7. The molecule has 0 aliphatic carbocycles. The predicted octanol–water partition coefficient (Wildman–Crippen LogP) is 6.42. The largest absolute Gasteiger partial charge is 0.416 e. The van der Waals surface area contributed by atoms with E-state index in [4.69, 9.17) is 0 Å². The molecule has 1 unspecified atom stereocenters. The van der Waals surface area contributed by atoms with Crippen molar-refractivity contribution in [1.29, 1.82) is 0 Å². The van der Waals surface area contributed by atoms with Crippen LogP contribution in [0.4, 0.5) is 18.9 Å². The topological polar surface area (TPSA) is 66.5 Å². The molecule has 202 valence electrons. The molecule has 9 heteroatoms. The van der Waals surface area contributed by atoms with E-state index < -0.39 is 40.3 Å². The fourth-order valence-corrected chi connectivity index (χ4v) is 5.59. The Kier molecular flexibility index (Phi) is 8.11. The Labute approximate surface area is 226 Å². The number of amides is 1. The minimum atomic E-state index is -4.69. The van der Waals surface area contributed by atoms with E-state index in [9.17, 15) is 26.4 Å². The highest BCUT2D eigenvalue weighted by atomic mass is 32.2. The number of anilines is 1. The summed E-state index contributed by atoms with van der Waals surface area (Å²) in [5.41, 5.74) is 2.03. The van der Waals surface area contributed by atoms with Crippen molar-refractivity contribution in [2.45, 2.75) is 31.0 Å². The Balaban J connectivity index is 1.73. The molecule has 0 saturated heterocycles. The first-order chi connectivity index (χ1) is 18.4. The third kappa shape index (κ3) is 6.67. The van der Waals surface area contributed by atoms with Gasteiger partial charge in [0.25, 0.3) is 10.0 Å². The second-order valence-corrected chi connectivity index (χ2v) is 11.1. The lowest BCUT2D eigenvalue weighted by atomic mass is 9.97. The Bertz CT molecular complexity index is 1550. The second-order valence-electron chi connectivity index (χ2n) is 9.20. The molecule has 0 aromatic heterocycles. The van der Waals surface area contributed by atoms with Gasteiger partial charge in [-0.25, -0.2) is 8.42 Å². The number of benzene rings is 4. The van der Waals surface area contributed by atoms with Gasteiger partial charge in [0.05, 0.1) is 22.2 Å². The SMILES string of the molecule is Cc1ccc(S(=O)(=O)N(CC(=O)NC(c2ccccc2)c2cccc(C)c2)c2cccc(C(F)(F)F)c2)cc1. The van der Waals surface area contributed by atoms with Gasteiger partial charge in [0.15, 0.2) is 0 Å². The van der Waals surface area contributed by atoms with E-state index in [2.05, 4.69) is 5.32 Å². The number of carbonyl (C=O) groups excluding carboxylic acids is 1. The second kappa shape index (κ2) is 11.3. The van der Waals surface area contributed by atoms with Gasteiger partial charge in [-0.2, -0.15) is 13.2 Å². The normalized spacial score (nSPS) is 12.5. The molecule has 0 fully saturated rings. The zero-order valence-electron chi connectivity index (χ0n) is 21.3. The summed E-state index contributed by atoms with van der Waals surface area (Å²) in [6.45, 7) is 2.97. The zero-order chi connectivity index (χ0) is 28.2. The number of alkyl halides is 3. The number of nitrogens with zero attached hydrogens (tertiary/aromatic N) is 1. The van der Waals surface area contributed by atoms with Gasteiger partial charge in [-0.05, 0) is 55.3 Å². The van der Waals surface area contributed by atoms with Crippen LogP contribution in [0.1, 0.15) is 33.9 Å². The molecule has 0 saturated carbocycles. The van der Waals surface area contributed by atoms with E-state index in [-0.39, 0.29) is 10.6 Å². The van der Waals surface area contributed by atoms with Crippen LogP contribution in [-0.4, -0.2) is 20.9 Å². The molecule has 0 aliphatic heterocycles. The average molecular weight is 553 g/mol. The van der Waals surface area contributed by atoms with Crippen LogP contribution in [-0.2, 0) is 21.0 Å². The summed E-state index contributed by atoms with van der Waals surface area (Å²) in [7, 11) is -4.39. The van der Waals surface area contributed by atoms with E-state index in [1.165, 1.54) is 18.2 Å². The zero-order valence-corrected chi connectivity index (χ0v) is 22.1. The summed E-state index contributed by atoms with van der Waals surface area (Å²) in [5.74, 6) is -0.682. The molecule has 4 rings (SSSR count). The van der Waals surface area contributed by atoms with Gasteiger partial charge >= 0.3 is 6.18 Å². The fourth-order valence-electron chi connectivity index (χ4n) is 4.18. The minimum Gasteiger partial charge on any atom is -0.344 e. The summed E-state index contributed by atoms with van der Waals surface area (Å²) in [6.07, 6.45) is -4.69. The average Bonchev–Trinajstić information content (AvgIpc) is 2.90. The molecule has 1 N–H and O–H groups in total. The molecule has 4 aromatic rings. The smallest absolute Gasteiger partial charge is 0.344 e. The Morgan fingerprint density at radius 3 is 2.08 bits per heavy atom. The van der Waals surface area contributed by atoms with Crippen LogP contribution in [0.25, 0.3) is 0 Å². The van der Waals surface area contributed by atoms with Crippen molar-refractivity contribution >= 4 is 21.6 Å². The summed E-state index contributed by atoms with van der Waals surface area (Å²) < 4.78 is 68.5. The van der Waals surface area contributed by atoms with Crippen molar-refractivity contribution in [3.05, 3.63) is 131 Å². The first-order valence-electron chi connectivity index (χ1n) is 12.1. The third-order valence-corrected chi connectivity index (χ3v) is 7.96. The molecule has 5 nitrogen and oxygen atoms in total. The number of halogens is 3. The minimum absolute atomic E-state index is 0.142. The van der Waals surface area contributed by atoms with E-state index in [1.54, 1.807) is 19.1 Å². The van der Waals surface area contributed by atoms with Crippen LogP contribution in [0.15, 0.2) is 108 Å². The van der Waals surface area contributed by atoms with E-state index in [1.807, 2.05) is 61.5 Å². The number of rotatable bonds is 8. The van der Waals surface area contributed by atoms with Crippen LogP contribution in [0.2, 0.25) is 0 Å². The Morgan fingerprint density at radius 2 is 1.44 bits per heavy atom. The highest BCUT2D eigenvalue weighted by Crippen LogP contribution is 2.33. The van der Waals surface area contributed by atoms with E-state index in [0.717, 1.165) is 40.5 Å². The number of hydrogen-bond donors (Lipinski definition) is 1. The van der Waals surface area contributed by atoms with Gasteiger partial charge < -0.3 is 5.32 Å². The predicted molar refractivity (Wildman–Crippen MR) is 145 cm³/mol. The quantitative estimate of drug-likeness (QED) is 0.274. The van der Waals surface area contributed by atoms with Crippen LogP contribution in [0, 0.1) is 13.8 Å². The van der Waals surface area contributed by atoms with E-state index >= 15 is 0 Å². The molecule has 0 bridgehead atoms. The van der Waals surface area contributed by atoms with Gasteiger partial charge in [-0.3, -0.25) is 9.10 Å². The molecule has 0 radical (unpaired) electrons. The lowest BCUT2D eigenvalue weighted by Crippen LogP contribution is -2.42. The molecule has 4 aromatic carbocycles. The highest BCUT2D eigenvalue weighted by Gasteiger charge is 2.33. The van der Waals surface area contributed by atoms with Crippen LogP contribution in [0.3, 0.4) is 0 Å². The van der Waals surface area contributed by atoms with Crippen molar-refractivity contribution in [2.75, 3.05) is 10.8 Å². The molecular formula is C30H27F3N2O3S. The summed E-state index contributed by atoms with van der Waals surface area (Å²) >= 11 is 0. The monoisotopic (exact) mass is 552 g/mol. The van der Waals surface area contributed by atoms with Crippen molar-refractivity contribution < 1.29 is 26.4 Å².